The van der Waals surface area contributed by atoms with Gasteiger partial charge >= 0.3 is 0 Å². The molecule has 1 unspecified atom stereocenters. The van der Waals surface area contributed by atoms with Gasteiger partial charge in [0.05, 0.1) is 12.1 Å². The van der Waals surface area contributed by atoms with E-state index in [2.05, 4.69) is 16.9 Å². The van der Waals surface area contributed by atoms with Crippen LogP contribution in [0.15, 0.2) is 35.2 Å². The first-order valence-corrected chi connectivity index (χ1v) is 11.3. The van der Waals surface area contributed by atoms with Crippen LogP contribution in [0.3, 0.4) is 0 Å². The lowest BCUT2D eigenvalue weighted by molar-refractivity contribution is 0.414. The fraction of sp³-hybridized carbons (Fsp3) is 0.400. The van der Waals surface area contributed by atoms with Gasteiger partial charge in [-0.05, 0) is 60.9 Å². The molecule has 1 N–H and O–H groups in total. The summed E-state index contributed by atoms with van der Waals surface area (Å²) in [5.41, 5.74) is 3.66. The topological polar surface area (TPSA) is 55.4 Å². The number of nitrogens with one attached hydrogen (secondary N) is 1. The predicted octanol–water partition coefficient (Wildman–Crippen LogP) is 5.31. The summed E-state index contributed by atoms with van der Waals surface area (Å²) in [4.78, 5) is -0.0497. The molecule has 1 atom stereocenters. The Morgan fingerprint density at radius 3 is 2.44 bits per heavy atom. The molecular weight excluding hydrogens is 405 g/mol. The Morgan fingerprint density at radius 2 is 1.78 bits per heavy atom. The number of halogens is 2. The van der Waals surface area contributed by atoms with Crippen molar-refractivity contribution in [3.63, 3.8) is 0 Å². The second-order valence-corrected chi connectivity index (χ2v) is 9.15. The third-order valence-electron chi connectivity index (χ3n) is 5.00. The average molecular weight is 428 g/mol. The van der Waals surface area contributed by atoms with Crippen LogP contribution >= 0.6 is 23.2 Å². The molecule has 0 saturated heterocycles. The average Bonchev–Trinajstić information content (AvgIpc) is 2.67. The minimum absolute atomic E-state index is 0.0381. The predicted molar refractivity (Wildman–Crippen MR) is 109 cm³/mol. The lowest BCUT2D eigenvalue weighted by Gasteiger charge is -2.22. The Morgan fingerprint density at radius 1 is 1.07 bits per heavy atom. The van der Waals surface area contributed by atoms with Crippen molar-refractivity contribution in [2.75, 3.05) is 7.11 Å². The van der Waals surface area contributed by atoms with Crippen LogP contribution in [0.1, 0.15) is 48.9 Å². The molecule has 0 aromatic heterocycles. The van der Waals surface area contributed by atoms with E-state index < -0.39 is 10.0 Å². The first-order valence-electron chi connectivity index (χ1n) is 9.03. The molecule has 4 nitrogen and oxygen atoms in total. The quantitative estimate of drug-likeness (QED) is 0.679. The largest absolute Gasteiger partial charge is 0.495 e. The zero-order valence-corrected chi connectivity index (χ0v) is 17.7. The molecular formula is C20H23Cl2NO3S. The highest BCUT2D eigenvalue weighted by molar-refractivity contribution is 7.89. The van der Waals surface area contributed by atoms with E-state index in [9.17, 15) is 8.42 Å². The number of sulfonamides is 1. The van der Waals surface area contributed by atoms with Gasteiger partial charge in [-0.2, -0.15) is 0 Å². The molecule has 2 aromatic rings. The molecule has 1 aliphatic rings. The van der Waals surface area contributed by atoms with Crippen LogP contribution in [0.4, 0.5) is 0 Å². The van der Waals surface area contributed by atoms with Gasteiger partial charge in [-0.1, -0.05) is 48.3 Å². The first-order chi connectivity index (χ1) is 12.9. The normalized spacial score (nSPS) is 15.3. The van der Waals surface area contributed by atoms with E-state index in [-0.39, 0.29) is 21.0 Å². The minimum atomic E-state index is -3.84. The van der Waals surface area contributed by atoms with Crippen molar-refractivity contribution in [2.24, 2.45) is 0 Å². The fourth-order valence-corrected chi connectivity index (χ4v) is 5.64. The Bertz CT molecular complexity index is 944. The highest BCUT2D eigenvalue weighted by Gasteiger charge is 2.25. The summed E-state index contributed by atoms with van der Waals surface area (Å²) in [7, 11) is -2.39. The van der Waals surface area contributed by atoms with Crippen molar-refractivity contribution in [1.82, 2.24) is 4.72 Å². The Hall–Kier alpha value is -1.27. The highest BCUT2D eigenvalue weighted by atomic mass is 35.5. The Balaban J connectivity index is 1.91. The Labute approximate surface area is 170 Å². The van der Waals surface area contributed by atoms with Crippen LogP contribution in [0.5, 0.6) is 5.75 Å². The van der Waals surface area contributed by atoms with E-state index in [0.717, 1.165) is 18.4 Å². The van der Waals surface area contributed by atoms with Gasteiger partial charge in [0, 0.05) is 6.04 Å². The second-order valence-electron chi connectivity index (χ2n) is 6.71. The van der Waals surface area contributed by atoms with Crippen LogP contribution in [-0.2, 0) is 22.9 Å². The number of hydrogen-bond donors (Lipinski definition) is 1. The van der Waals surface area contributed by atoms with E-state index in [0.29, 0.717) is 12.2 Å². The van der Waals surface area contributed by atoms with Gasteiger partial charge in [-0.3, -0.25) is 0 Å². The maximum Gasteiger partial charge on any atom is 0.242 e. The summed E-state index contributed by atoms with van der Waals surface area (Å²) in [5, 5.41) is 0.0488. The lowest BCUT2D eigenvalue weighted by atomic mass is 9.89. The number of fused-ring (bicyclic) bond motifs is 1. The number of aryl methyl sites for hydroxylation is 2. The fourth-order valence-electron chi connectivity index (χ4n) is 3.49. The van der Waals surface area contributed by atoms with E-state index in [1.54, 1.807) is 0 Å². The van der Waals surface area contributed by atoms with Gasteiger partial charge in [0.25, 0.3) is 0 Å². The first kappa shape index (κ1) is 20.5. The molecule has 0 spiro atoms. The summed E-state index contributed by atoms with van der Waals surface area (Å²) < 4.78 is 33.7. The van der Waals surface area contributed by atoms with Crippen LogP contribution in [-0.4, -0.2) is 15.5 Å². The van der Waals surface area contributed by atoms with Crippen molar-refractivity contribution < 1.29 is 13.2 Å². The molecule has 0 amide bonds. The van der Waals surface area contributed by atoms with Gasteiger partial charge in [0.1, 0.15) is 15.7 Å². The van der Waals surface area contributed by atoms with E-state index in [4.69, 9.17) is 27.9 Å². The summed E-state index contributed by atoms with van der Waals surface area (Å²) in [6.45, 7) is 1.95. The summed E-state index contributed by atoms with van der Waals surface area (Å²) in [6.07, 6.45) is 5.16. The number of ether oxygens (including phenoxy) is 1. The molecule has 0 saturated carbocycles. The van der Waals surface area contributed by atoms with Gasteiger partial charge < -0.3 is 4.74 Å². The molecule has 0 radical (unpaired) electrons. The molecule has 3 rings (SSSR count). The SMILES string of the molecule is CCC(NS(=O)(=O)c1ccc(OC)c(Cl)c1Cl)c1ccc2c(c1)CCCC2. The number of rotatable bonds is 6. The van der Waals surface area contributed by atoms with Crippen LogP contribution < -0.4 is 9.46 Å². The molecule has 0 heterocycles. The molecule has 2 aromatic carbocycles. The van der Waals surface area contributed by atoms with Gasteiger partial charge in [-0.25, -0.2) is 13.1 Å². The molecule has 7 heteroatoms. The third kappa shape index (κ3) is 4.27. The van der Waals surface area contributed by atoms with Crippen LogP contribution in [0, 0.1) is 0 Å². The maximum atomic E-state index is 12.9. The van der Waals surface area contributed by atoms with Crippen molar-refractivity contribution >= 4 is 33.2 Å². The van der Waals surface area contributed by atoms with Gasteiger partial charge in [0.15, 0.2) is 0 Å². The summed E-state index contributed by atoms with van der Waals surface area (Å²) in [6, 6.07) is 8.85. The second kappa shape index (κ2) is 8.39. The molecule has 0 aliphatic heterocycles. The van der Waals surface area contributed by atoms with E-state index >= 15 is 0 Å². The van der Waals surface area contributed by atoms with E-state index in [1.165, 1.54) is 43.2 Å². The van der Waals surface area contributed by atoms with Crippen LogP contribution in [0.2, 0.25) is 10.0 Å². The minimum Gasteiger partial charge on any atom is -0.495 e. The highest BCUT2D eigenvalue weighted by Crippen LogP contribution is 2.37. The van der Waals surface area contributed by atoms with Crippen molar-refractivity contribution in [1.29, 1.82) is 0 Å². The Kier molecular flexibility index (Phi) is 6.36. The monoisotopic (exact) mass is 427 g/mol. The number of hydrogen-bond acceptors (Lipinski definition) is 3. The molecule has 0 fully saturated rings. The molecule has 27 heavy (non-hydrogen) atoms. The van der Waals surface area contributed by atoms with Crippen molar-refractivity contribution in [2.45, 2.75) is 50.0 Å². The van der Waals surface area contributed by atoms with Gasteiger partial charge in [0.2, 0.25) is 10.0 Å². The summed E-state index contributed by atoms with van der Waals surface area (Å²) in [5.74, 6) is 0.336. The smallest absolute Gasteiger partial charge is 0.242 e. The lowest BCUT2D eigenvalue weighted by Crippen LogP contribution is -2.29. The zero-order chi connectivity index (χ0) is 19.6. The maximum absolute atomic E-state index is 12.9. The molecule has 146 valence electrons. The van der Waals surface area contributed by atoms with Crippen molar-refractivity contribution in [3.05, 3.63) is 57.1 Å². The number of benzene rings is 2. The number of methoxy groups -OCH3 is 1. The van der Waals surface area contributed by atoms with Crippen molar-refractivity contribution in [3.8, 4) is 5.75 Å². The van der Waals surface area contributed by atoms with E-state index in [1.807, 2.05) is 13.0 Å². The molecule has 1 aliphatic carbocycles. The standard InChI is InChI=1S/C20H23Cl2NO3S/c1-3-16(15-9-8-13-6-4-5-7-14(13)12-15)23-27(24,25)18-11-10-17(26-2)19(21)20(18)22/h8-12,16,23H,3-7H2,1-2H3. The molecule has 0 bridgehead atoms. The summed E-state index contributed by atoms with van der Waals surface area (Å²) >= 11 is 12.3. The zero-order valence-electron chi connectivity index (χ0n) is 15.4. The third-order valence-corrected chi connectivity index (χ3v) is 7.49. The van der Waals surface area contributed by atoms with Crippen LogP contribution in [0.25, 0.3) is 0 Å². The van der Waals surface area contributed by atoms with Gasteiger partial charge in [-0.15, -0.1) is 0 Å².